The van der Waals surface area contributed by atoms with Gasteiger partial charge in [-0.05, 0) is 41.1 Å². The summed E-state index contributed by atoms with van der Waals surface area (Å²) in [6.45, 7) is 1.31. The van der Waals surface area contributed by atoms with E-state index in [0.717, 1.165) is 11.3 Å². The van der Waals surface area contributed by atoms with Gasteiger partial charge in [-0.25, -0.2) is 4.39 Å². The molecule has 8 heteroatoms. The molecule has 0 radical (unpaired) electrons. The van der Waals surface area contributed by atoms with E-state index in [9.17, 15) is 19.3 Å². The summed E-state index contributed by atoms with van der Waals surface area (Å²) in [4.78, 5) is 21.8. The summed E-state index contributed by atoms with van der Waals surface area (Å²) in [6, 6.07) is 5.04. The van der Waals surface area contributed by atoms with Gasteiger partial charge < -0.3 is 4.74 Å². The van der Waals surface area contributed by atoms with Crippen molar-refractivity contribution in [1.29, 1.82) is 0 Å². The average molecular weight is 360 g/mol. The topological polar surface area (TPSA) is 69.4 Å². The summed E-state index contributed by atoms with van der Waals surface area (Å²) in [7, 11) is 0. The molecule has 1 aromatic heterocycles. The van der Waals surface area contributed by atoms with Crippen LogP contribution in [0.2, 0.25) is 0 Å². The first-order valence-electron chi connectivity index (χ1n) is 5.30. The second-order valence-electron chi connectivity index (χ2n) is 3.77. The van der Waals surface area contributed by atoms with Crippen molar-refractivity contribution in [3.05, 3.63) is 49.5 Å². The van der Waals surface area contributed by atoms with Gasteiger partial charge in [0.25, 0.3) is 5.06 Å². The lowest BCUT2D eigenvalue weighted by atomic mass is 10.3. The Balaban J connectivity index is 2.39. The summed E-state index contributed by atoms with van der Waals surface area (Å²) in [6.07, 6.45) is 0. The number of hydrogen-bond donors (Lipinski definition) is 0. The van der Waals surface area contributed by atoms with E-state index in [1.165, 1.54) is 31.2 Å². The quantitative estimate of drug-likeness (QED) is 0.456. The fourth-order valence-electron chi connectivity index (χ4n) is 1.39. The highest BCUT2D eigenvalue weighted by Crippen LogP contribution is 2.40. The van der Waals surface area contributed by atoms with E-state index in [1.807, 2.05) is 0 Å². The minimum atomic E-state index is -0.628. The molecular formula is C12H7BrFNO4S. The Morgan fingerprint density at radius 3 is 2.70 bits per heavy atom. The fraction of sp³-hybridized carbons (Fsp3) is 0.0833. The summed E-state index contributed by atoms with van der Waals surface area (Å²) < 4.78 is 18.6. The molecule has 2 rings (SSSR count). The molecule has 0 aliphatic rings. The van der Waals surface area contributed by atoms with Crippen LogP contribution in [0.4, 0.5) is 10.1 Å². The number of carbonyl (C=O) groups excluding carboxylic acids is 1. The SMILES string of the molecule is CC(=O)c1cc([N+](=O)[O-])c(Oc2ccc(F)c(Br)c2)s1. The van der Waals surface area contributed by atoms with Gasteiger partial charge in [-0.1, -0.05) is 11.3 Å². The maximum atomic E-state index is 13.1. The number of ketones is 1. The van der Waals surface area contributed by atoms with Gasteiger partial charge in [0.2, 0.25) is 0 Å². The van der Waals surface area contributed by atoms with E-state index >= 15 is 0 Å². The maximum absolute atomic E-state index is 13.1. The minimum absolute atomic E-state index is 0.0151. The molecular weight excluding hydrogens is 353 g/mol. The van der Waals surface area contributed by atoms with Gasteiger partial charge in [0.15, 0.2) is 5.78 Å². The number of nitrogens with zero attached hydrogens (tertiary/aromatic N) is 1. The molecule has 0 spiro atoms. The van der Waals surface area contributed by atoms with E-state index < -0.39 is 10.7 Å². The first kappa shape index (κ1) is 14.6. The molecule has 0 atom stereocenters. The molecule has 20 heavy (non-hydrogen) atoms. The van der Waals surface area contributed by atoms with Crippen molar-refractivity contribution in [2.45, 2.75) is 6.92 Å². The van der Waals surface area contributed by atoms with E-state index in [2.05, 4.69) is 15.9 Å². The monoisotopic (exact) mass is 359 g/mol. The molecule has 2 aromatic rings. The lowest BCUT2D eigenvalue weighted by Crippen LogP contribution is -1.90. The first-order valence-corrected chi connectivity index (χ1v) is 6.91. The van der Waals surface area contributed by atoms with Crippen LogP contribution in [0.1, 0.15) is 16.6 Å². The van der Waals surface area contributed by atoms with Crippen LogP contribution in [-0.2, 0) is 0 Å². The number of ether oxygens (including phenoxy) is 1. The molecule has 5 nitrogen and oxygen atoms in total. The van der Waals surface area contributed by atoms with E-state index in [1.54, 1.807) is 0 Å². The van der Waals surface area contributed by atoms with E-state index in [-0.39, 0.29) is 31.6 Å². The number of halogens is 2. The van der Waals surface area contributed by atoms with Crippen LogP contribution >= 0.6 is 27.3 Å². The van der Waals surface area contributed by atoms with Crippen molar-refractivity contribution in [2.24, 2.45) is 0 Å². The minimum Gasteiger partial charge on any atom is -0.440 e. The predicted octanol–water partition coefficient (Wildman–Crippen LogP) is 4.55. The number of benzene rings is 1. The molecule has 0 bridgehead atoms. The number of thiophene rings is 1. The smallest absolute Gasteiger partial charge is 0.323 e. The lowest BCUT2D eigenvalue weighted by Gasteiger charge is -2.03. The number of Topliss-reactive ketones (excluding diaryl/α,β-unsaturated/α-hetero) is 1. The van der Waals surface area contributed by atoms with Gasteiger partial charge in [0.1, 0.15) is 11.6 Å². The van der Waals surface area contributed by atoms with Crippen molar-refractivity contribution in [3.63, 3.8) is 0 Å². The molecule has 1 aromatic carbocycles. The molecule has 1 heterocycles. The van der Waals surface area contributed by atoms with Crippen molar-refractivity contribution in [3.8, 4) is 10.8 Å². The third kappa shape index (κ3) is 3.02. The standard InChI is InChI=1S/C12H7BrFNO4S/c1-6(16)11-5-10(15(17)18)12(20-11)19-7-2-3-9(14)8(13)4-7/h2-5H,1H3. The lowest BCUT2D eigenvalue weighted by molar-refractivity contribution is -0.385. The number of rotatable bonds is 4. The van der Waals surface area contributed by atoms with Crippen LogP contribution in [0.15, 0.2) is 28.7 Å². The van der Waals surface area contributed by atoms with Crippen molar-refractivity contribution in [1.82, 2.24) is 0 Å². The summed E-state index contributed by atoms with van der Waals surface area (Å²) >= 11 is 3.87. The summed E-state index contributed by atoms with van der Waals surface area (Å²) in [5.41, 5.74) is -0.291. The third-order valence-corrected chi connectivity index (χ3v) is 4.04. The van der Waals surface area contributed by atoms with Gasteiger partial charge in [-0.3, -0.25) is 14.9 Å². The first-order chi connectivity index (χ1) is 9.38. The number of nitro groups is 1. The van der Waals surface area contributed by atoms with Gasteiger partial charge in [0, 0.05) is 6.07 Å². The molecule has 104 valence electrons. The molecule has 0 saturated heterocycles. The Labute approximate surface area is 125 Å². The highest BCUT2D eigenvalue weighted by molar-refractivity contribution is 9.10. The molecule has 0 amide bonds. The zero-order valence-corrected chi connectivity index (χ0v) is 12.5. The molecule has 0 unspecified atom stereocenters. The third-order valence-electron chi connectivity index (χ3n) is 2.32. The molecule has 0 N–H and O–H groups in total. The van der Waals surface area contributed by atoms with Crippen LogP contribution < -0.4 is 4.74 Å². The van der Waals surface area contributed by atoms with Crippen LogP contribution in [0.5, 0.6) is 10.8 Å². The molecule has 0 aliphatic carbocycles. The number of carbonyl (C=O) groups is 1. The van der Waals surface area contributed by atoms with Gasteiger partial charge >= 0.3 is 5.69 Å². The van der Waals surface area contributed by atoms with Crippen molar-refractivity contribution in [2.75, 3.05) is 0 Å². The van der Waals surface area contributed by atoms with Gasteiger partial charge in [-0.15, -0.1) is 0 Å². The second kappa shape index (κ2) is 5.68. The summed E-state index contributed by atoms with van der Waals surface area (Å²) in [5, 5.41) is 10.9. The predicted molar refractivity (Wildman–Crippen MR) is 75.2 cm³/mol. The van der Waals surface area contributed by atoms with Crippen LogP contribution in [0.25, 0.3) is 0 Å². The average Bonchev–Trinajstić information content (AvgIpc) is 2.78. The molecule has 0 fully saturated rings. The zero-order chi connectivity index (χ0) is 14.9. The largest absolute Gasteiger partial charge is 0.440 e. The maximum Gasteiger partial charge on any atom is 0.323 e. The zero-order valence-electron chi connectivity index (χ0n) is 10.1. The van der Waals surface area contributed by atoms with E-state index in [4.69, 9.17) is 4.74 Å². The van der Waals surface area contributed by atoms with Crippen LogP contribution in [-0.4, -0.2) is 10.7 Å². The van der Waals surface area contributed by atoms with Crippen molar-refractivity contribution < 1.29 is 18.8 Å². The van der Waals surface area contributed by atoms with Crippen LogP contribution in [0, 0.1) is 15.9 Å². The highest BCUT2D eigenvalue weighted by Gasteiger charge is 2.23. The Kier molecular flexibility index (Phi) is 4.15. The Morgan fingerprint density at radius 2 is 2.15 bits per heavy atom. The van der Waals surface area contributed by atoms with Gasteiger partial charge in [0.05, 0.1) is 14.3 Å². The van der Waals surface area contributed by atoms with Gasteiger partial charge in [-0.2, -0.15) is 0 Å². The summed E-state index contributed by atoms with van der Waals surface area (Å²) in [5.74, 6) is -0.519. The Hall–Kier alpha value is -1.80. The Bertz CT molecular complexity index is 701. The fourth-order valence-corrected chi connectivity index (χ4v) is 2.63. The number of hydrogen-bond acceptors (Lipinski definition) is 5. The molecule has 0 saturated carbocycles. The second-order valence-corrected chi connectivity index (χ2v) is 5.64. The van der Waals surface area contributed by atoms with E-state index in [0.29, 0.717) is 0 Å². The van der Waals surface area contributed by atoms with Crippen molar-refractivity contribution >= 4 is 38.7 Å². The highest BCUT2D eigenvalue weighted by atomic mass is 79.9. The Morgan fingerprint density at radius 1 is 1.45 bits per heavy atom. The normalized spacial score (nSPS) is 10.3. The van der Waals surface area contributed by atoms with Crippen LogP contribution in [0.3, 0.4) is 0 Å². The molecule has 0 aliphatic heterocycles.